The lowest BCUT2D eigenvalue weighted by Gasteiger charge is -2.30. The highest BCUT2D eigenvalue weighted by Crippen LogP contribution is 2.41. The van der Waals surface area contributed by atoms with Gasteiger partial charge in [-0.25, -0.2) is 0 Å². The maximum absolute atomic E-state index is 13.4. The van der Waals surface area contributed by atoms with E-state index >= 15 is 0 Å². The molecule has 0 radical (unpaired) electrons. The van der Waals surface area contributed by atoms with Crippen molar-refractivity contribution in [2.24, 2.45) is 5.92 Å². The minimum atomic E-state index is 0.0963. The molecule has 1 aliphatic heterocycles. The Bertz CT molecular complexity index is 906. The molecule has 180 valence electrons. The molecule has 0 N–H and O–H groups in total. The first-order valence-electron chi connectivity index (χ1n) is 11.8. The Hall–Kier alpha value is -2.74. The molecule has 0 spiro atoms. The lowest BCUT2D eigenvalue weighted by Crippen LogP contribution is -2.41. The second-order valence-corrected chi connectivity index (χ2v) is 8.79. The van der Waals surface area contributed by atoms with Gasteiger partial charge in [0.05, 0.1) is 34.0 Å². The van der Waals surface area contributed by atoms with Crippen molar-refractivity contribution in [2.75, 3.05) is 34.5 Å². The van der Waals surface area contributed by atoms with Crippen LogP contribution in [0.2, 0.25) is 0 Å². The molecule has 1 saturated carbocycles. The monoisotopic (exact) mass is 458 g/mol. The zero-order chi connectivity index (χ0) is 23.2. The van der Waals surface area contributed by atoms with Crippen molar-refractivity contribution in [2.45, 2.75) is 57.6 Å². The average Bonchev–Trinajstić information content (AvgIpc) is 3.55. The third kappa shape index (κ3) is 5.43. The van der Waals surface area contributed by atoms with Crippen LogP contribution in [-0.4, -0.2) is 56.5 Å². The van der Waals surface area contributed by atoms with E-state index < -0.39 is 0 Å². The summed E-state index contributed by atoms with van der Waals surface area (Å²) in [5, 5.41) is 4.27. The van der Waals surface area contributed by atoms with E-state index in [1.54, 1.807) is 21.3 Å². The molecule has 1 aromatic carbocycles. The van der Waals surface area contributed by atoms with E-state index in [-0.39, 0.29) is 17.9 Å². The maximum atomic E-state index is 13.4. The van der Waals surface area contributed by atoms with Crippen molar-refractivity contribution in [3.05, 3.63) is 23.9 Å². The summed E-state index contributed by atoms with van der Waals surface area (Å²) in [6, 6.07) is 5.52. The van der Waals surface area contributed by atoms with E-state index in [4.69, 9.17) is 23.5 Å². The fourth-order valence-electron chi connectivity index (χ4n) is 4.82. The molecule has 2 heterocycles. The van der Waals surface area contributed by atoms with E-state index in [1.807, 2.05) is 23.1 Å². The summed E-state index contributed by atoms with van der Waals surface area (Å²) in [6.45, 7) is 1.77. The summed E-state index contributed by atoms with van der Waals surface area (Å²) in [6.07, 6.45) is 7.54. The van der Waals surface area contributed by atoms with Gasteiger partial charge in [-0.1, -0.05) is 24.4 Å². The highest BCUT2D eigenvalue weighted by molar-refractivity contribution is 5.79. The summed E-state index contributed by atoms with van der Waals surface area (Å²) in [5.74, 6) is 2.48. The van der Waals surface area contributed by atoms with Crippen LogP contribution >= 0.6 is 0 Å². The summed E-state index contributed by atoms with van der Waals surface area (Å²) in [4.78, 5) is 15.3. The highest BCUT2D eigenvalue weighted by atomic mass is 16.5. The van der Waals surface area contributed by atoms with Gasteiger partial charge in [0.2, 0.25) is 11.7 Å². The smallest absolute Gasteiger partial charge is 0.226 e. The number of nitrogens with zero attached hydrogens (tertiary/aromatic N) is 2. The molecule has 1 saturated heterocycles. The van der Waals surface area contributed by atoms with E-state index in [1.165, 1.54) is 6.42 Å². The number of ether oxygens (including phenoxy) is 4. The van der Waals surface area contributed by atoms with E-state index in [9.17, 15) is 4.79 Å². The van der Waals surface area contributed by atoms with Crippen molar-refractivity contribution in [1.82, 2.24) is 10.1 Å². The van der Waals surface area contributed by atoms with Crippen LogP contribution in [0.25, 0.3) is 11.3 Å². The molecule has 33 heavy (non-hydrogen) atoms. The predicted molar refractivity (Wildman–Crippen MR) is 123 cm³/mol. The molecule has 2 aliphatic rings. The number of rotatable bonds is 9. The van der Waals surface area contributed by atoms with Gasteiger partial charge in [-0.2, -0.15) is 0 Å². The van der Waals surface area contributed by atoms with Crippen molar-refractivity contribution in [1.29, 1.82) is 0 Å². The second-order valence-electron chi connectivity index (χ2n) is 8.79. The first-order chi connectivity index (χ1) is 16.1. The largest absolute Gasteiger partial charge is 0.493 e. The quantitative estimate of drug-likeness (QED) is 0.549. The van der Waals surface area contributed by atoms with Crippen LogP contribution in [0.1, 0.15) is 50.6 Å². The van der Waals surface area contributed by atoms with Crippen molar-refractivity contribution < 1.29 is 28.3 Å². The van der Waals surface area contributed by atoms with Gasteiger partial charge >= 0.3 is 0 Å². The van der Waals surface area contributed by atoms with Crippen molar-refractivity contribution in [3.8, 4) is 28.6 Å². The van der Waals surface area contributed by atoms with Crippen LogP contribution < -0.4 is 14.2 Å². The number of aromatic nitrogens is 1. The Labute approximate surface area is 195 Å². The summed E-state index contributed by atoms with van der Waals surface area (Å²) < 4.78 is 27.8. The van der Waals surface area contributed by atoms with Gasteiger partial charge in [-0.05, 0) is 37.8 Å². The van der Waals surface area contributed by atoms with Crippen molar-refractivity contribution in [3.63, 3.8) is 0 Å². The number of benzene rings is 1. The van der Waals surface area contributed by atoms with Gasteiger partial charge in [0, 0.05) is 30.7 Å². The Morgan fingerprint density at radius 1 is 1.00 bits per heavy atom. The topological polar surface area (TPSA) is 83.3 Å². The summed E-state index contributed by atoms with van der Waals surface area (Å²) in [7, 11) is 4.72. The molecular weight excluding hydrogens is 424 g/mol. The standard InChI is InChI=1S/C25H34N2O6/c1-29-22-12-18(13-23(30-2)24(22)31-3)21-14-19(26-33-21)15-27(16-20-10-7-11-32-20)25(28)17-8-5-4-6-9-17/h12-14,17,20H,4-11,15-16H2,1-3H3/t20-/m1/s1. The normalized spacial score (nSPS) is 18.8. The van der Waals surface area contributed by atoms with Crippen LogP contribution in [0.3, 0.4) is 0 Å². The summed E-state index contributed by atoms with van der Waals surface area (Å²) >= 11 is 0. The van der Waals surface area contributed by atoms with Gasteiger partial charge in [0.25, 0.3) is 0 Å². The first-order valence-corrected chi connectivity index (χ1v) is 11.8. The number of amides is 1. The molecule has 4 rings (SSSR count). The molecule has 2 fully saturated rings. The van der Waals surface area contributed by atoms with Crippen LogP contribution in [0.4, 0.5) is 0 Å². The number of carbonyl (C=O) groups is 1. The molecular formula is C25H34N2O6. The number of carbonyl (C=O) groups excluding carboxylic acids is 1. The zero-order valence-electron chi connectivity index (χ0n) is 19.8. The minimum Gasteiger partial charge on any atom is -0.493 e. The minimum absolute atomic E-state index is 0.0963. The molecule has 2 aromatic rings. The van der Waals surface area contributed by atoms with Crippen molar-refractivity contribution >= 4 is 5.91 Å². The second kappa shape index (κ2) is 10.9. The highest BCUT2D eigenvalue weighted by Gasteiger charge is 2.30. The lowest BCUT2D eigenvalue weighted by molar-refractivity contribution is -0.139. The van der Waals surface area contributed by atoms with Gasteiger partial charge in [0.15, 0.2) is 17.3 Å². The molecule has 1 atom stereocenters. The maximum Gasteiger partial charge on any atom is 0.226 e. The predicted octanol–water partition coefficient (Wildman–Crippen LogP) is 4.46. The third-order valence-corrected chi connectivity index (χ3v) is 6.58. The van der Waals surface area contributed by atoms with Gasteiger partial charge < -0.3 is 28.4 Å². The zero-order valence-corrected chi connectivity index (χ0v) is 19.8. The fraction of sp³-hybridized carbons (Fsp3) is 0.600. The van der Waals surface area contributed by atoms with Crippen LogP contribution in [0, 0.1) is 5.92 Å². The molecule has 0 unspecified atom stereocenters. The Balaban J connectivity index is 1.54. The molecule has 8 heteroatoms. The number of hydrogen-bond donors (Lipinski definition) is 0. The van der Waals surface area contributed by atoms with Crippen LogP contribution in [0.15, 0.2) is 22.7 Å². The molecule has 8 nitrogen and oxygen atoms in total. The van der Waals surface area contributed by atoms with Crippen LogP contribution in [0.5, 0.6) is 17.2 Å². The lowest BCUT2D eigenvalue weighted by atomic mass is 9.88. The molecule has 1 aliphatic carbocycles. The Morgan fingerprint density at radius 2 is 1.73 bits per heavy atom. The Morgan fingerprint density at radius 3 is 2.33 bits per heavy atom. The number of methoxy groups -OCH3 is 3. The average molecular weight is 459 g/mol. The first kappa shape index (κ1) is 23.4. The Kier molecular flexibility index (Phi) is 7.75. The van der Waals surface area contributed by atoms with Gasteiger partial charge in [0.1, 0.15) is 5.69 Å². The van der Waals surface area contributed by atoms with Gasteiger partial charge in [-0.15, -0.1) is 0 Å². The van der Waals surface area contributed by atoms with E-state index in [2.05, 4.69) is 5.16 Å². The van der Waals surface area contributed by atoms with Crippen LogP contribution in [-0.2, 0) is 16.1 Å². The molecule has 1 aromatic heterocycles. The summed E-state index contributed by atoms with van der Waals surface area (Å²) in [5.41, 5.74) is 1.47. The van der Waals surface area contributed by atoms with Gasteiger partial charge in [-0.3, -0.25) is 4.79 Å². The van der Waals surface area contributed by atoms with E-state index in [0.717, 1.165) is 50.7 Å². The third-order valence-electron chi connectivity index (χ3n) is 6.58. The van der Waals surface area contributed by atoms with E-state index in [0.29, 0.717) is 41.8 Å². The SMILES string of the molecule is COc1cc(-c2cc(CN(C[C@H]3CCCO3)C(=O)C3CCCCC3)no2)cc(OC)c1OC. The number of hydrogen-bond acceptors (Lipinski definition) is 7. The molecule has 1 amide bonds. The molecule has 0 bridgehead atoms. The fourth-order valence-corrected chi connectivity index (χ4v) is 4.82.